The van der Waals surface area contributed by atoms with Gasteiger partial charge in [0.15, 0.2) is 0 Å². The summed E-state index contributed by atoms with van der Waals surface area (Å²) in [6, 6.07) is 14.6. The van der Waals surface area contributed by atoms with Crippen LogP contribution < -0.4 is 10.1 Å². The average Bonchev–Trinajstić information content (AvgIpc) is 3.31. The number of carboxylic acids is 1. The minimum atomic E-state index is -0.940. The van der Waals surface area contributed by atoms with Gasteiger partial charge in [-0.3, -0.25) is 4.79 Å². The Kier molecular flexibility index (Phi) is 7.99. The maximum Gasteiger partial charge on any atom is 0.335 e. The number of aliphatic imine (C=N–C) groups is 1. The van der Waals surface area contributed by atoms with Crippen LogP contribution in [0.5, 0.6) is 5.75 Å². The average molecular weight is 517 g/mol. The first kappa shape index (κ1) is 25.2. The number of hydrogen-bond donors (Lipinski definition) is 2. The van der Waals surface area contributed by atoms with Gasteiger partial charge in [0.2, 0.25) is 0 Å². The van der Waals surface area contributed by atoms with E-state index in [4.69, 9.17) is 14.8 Å². The largest absolute Gasteiger partial charge is 0.489 e. The molecule has 2 aromatic carbocycles. The molecule has 2 aliphatic carbocycles. The van der Waals surface area contributed by atoms with Crippen LogP contribution in [0.4, 0.5) is 5.00 Å². The molecule has 0 saturated heterocycles. The van der Waals surface area contributed by atoms with Gasteiger partial charge in [0.25, 0.3) is 5.91 Å². The Morgan fingerprint density at radius 2 is 1.70 bits per heavy atom. The minimum absolute atomic E-state index is 0.0404. The quantitative estimate of drug-likeness (QED) is 0.326. The number of rotatable bonds is 8. The molecule has 6 nitrogen and oxygen atoms in total. The van der Waals surface area contributed by atoms with E-state index in [0.29, 0.717) is 6.61 Å². The summed E-state index contributed by atoms with van der Waals surface area (Å²) in [5.41, 5.74) is 4.08. The van der Waals surface area contributed by atoms with Crippen molar-refractivity contribution in [2.24, 2.45) is 4.99 Å². The number of nitrogens with zero attached hydrogens (tertiary/aromatic N) is 1. The van der Waals surface area contributed by atoms with Crippen LogP contribution in [0.15, 0.2) is 53.5 Å². The van der Waals surface area contributed by atoms with Crippen LogP contribution in [0.25, 0.3) is 0 Å². The third kappa shape index (κ3) is 6.28. The van der Waals surface area contributed by atoms with Crippen molar-refractivity contribution in [1.82, 2.24) is 5.32 Å². The highest BCUT2D eigenvalue weighted by Crippen LogP contribution is 2.40. The Morgan fingerprint density at radius 3 is 2.43 bits per heavy atom. The van der Waals surface area contributed by atoms with E-state index in [-0.39, 0.29) is 17.5 Å². The number of nitrogens with one attached hydrogen (secondary N) is 1. The molecule has 0 atom stereocenters. The molecule has 7 heteroatoms. The summed E-state index contributed by atoms with van der Waals surface area (Å²) in [5, 5.41) is 13.1. The highest BCUT2D eigenvalue weighted by molar-refractivity contribution is 7.16. The predicted octanol–water partition coefficient (Wildman–Crippen LogP) is 6.72. The van der Waals surface area contributed by atoms with E-state index in [1.54, 1.807) is 35.6 Å². The Hall–Kier alpha value is -3.45. The monoisotopic (exact) mass is 516 g/mol. The molecule has 0 unspecified atom stereocenters. The van der Waals surface area contributed by atoms with Crippen LogP contribution in [0.1, 0.15) is 87.2 Å². The molecule has 0 bridgehead atoms. The van der Waals surface area contributed by atoms with E-state index >= 15 is 0 Å². The predicted molar refractivity (Wildman–Crippen MR) is 147 cm³/mol. The topological polar surface area (TPSA) is 88.0 Å². The summed E-state index contributed by atoms with van der Waals surface area (Å²) in [6.07, 6.45) is 11.9. The van der Waals surface area contributed by atoms with Gasteiger partial charge < -0.3 is 15.2 Å². The Morgan fingerprint density at radius 1 is 0.973 bits per heavy atom. The lowest BCUT2D eigenvalue weighted by molar-refractivity contribution is 0.0696. The highest BCUT2D eigenvalue weighted by Gasteiger charge is 2.27. The van der Waals surface area contributed by atoms with Gasteiger partial charge in [-0.2, -0.15) is 0 Å². The molecule has 0 aliphatic heterocycles. The van der Waals surface area contributed by atoms with Crippen LogP contribution in [0, 0.1) is 0 Å². The second-order valence-electron chi connectivity index (χ2n) is 9.82. The third-order valence-electron chi connectivity index (χ3n) is 7.14. The van der Waals surface area contributed by atoms with Gasteiger partial charge in [-0.15, -0.1) is 11.3 Å². The number of amides is 1. The van der Waals surface area contributed by atoms with Crippen LogP contribution in [-0.4, -0.2) is 29.2 Å². The third-order valence-corrected chi connectivity index (χ3v) is 8.34. The molecule has 0 radical (unpaired) electrons. The summed E-state index contributed by atoms with van der Waals surface area (Å²) >= 11 is 1.66. The molecule has 1 aromatic heterocycles. The standard InChI is InChI=1S/C30H32N2O4S/c33-28(32-23-6-2-1-3-7-23)27-25-8-4-5-9-26(25)37-29(27)31-18-20-12-16-24(17-13-20)36-19-21-10-14-22(15-11-21)30(34)35/h10-18,23H,1-9,19H2,(H,32,33)(H,34,35). The van der Waals surface area contributed by atoms with Crippen molar-refractivity contribution in [2.45, 2.75) is 70.4 Å². The van der Waals surface area contributed by atoms with E-state index in [9.17, 15) is 9.59 Å². The number of ether oxygens (including phenoxy) is 1. The van der Waals surface area contributed by atoms with E-state index in [0.717, 1.165) is 59.5 Å². The molecule has 2 aliphatic rings. The van der Waals surface area contributed by atoms with E-state index in [2.05, 4.69) is 5.32 Å². The number of aromatic carboxylic acids is 1. The second-order valence-corrected chi connectivity index (χ2v) is 10.9. The molecule has 0 spiro atoms. The van der Waals surface area contributed by atoms with Crippen LogP contribution in [-0.2, 0) is 19.4 Å². The maximum atomic E-state index is 13.3. The Labute approximate surface area is 221 Å². The van der Waals surface area contributed by atoms with E-state index in [1.807, 2.05) is 30.5 Å². The van der Waals surface area contributed by atoms with Crippen molar-refractivity contribution >= 4 is 34.4 Å². The first-order chi connectivity index (χ1) is 18.1. The number of fused-ring (bicyclic) bond motifs is 1. The lowest BCUT2D eigenvalue weighted by Crippen LogP contribution is -2.36. The molecule has 5 rings (SSSR count). The Balaban J connectivity index is 1.26. The molecule has 192 valence electrons. The van der Waals surface area contributed by atoms with Gasteiger partial charge in [-0.25, -0.2) is 9.79 Å². The van der Waals surface area contributed by atoms with Crippen molar-refractivity contribution in [2.75, 3.05) is 0 Å². The van der Waals surface area contributed by atoms with Crippen LogP contribution in [0.3, 0.4) is 0 Å². The molecule has 2 N–H and O–H groups in total. The van der Waals surface area contributed by atoms with Gasteiger partial charge in [0, 0.05) is 17.1 Å². The lowest BCUT2D eigenvalue weighted by atomic mass is 9.93. The number of carboxylic acid groups (broad SMARTS) is 1. The number of carbonyl (C=O) groups is 2. The highest BCUT2D eigenvalue weighted by atomic mass is 32.1. The summed E-state index contributed by atoms with van der Waals surface area (Å²) in [5.74, 6) is -0.179. The fraction of sp³-hybridized carbons (Fsp3) is 0.367. The Bertz CT molecular complexity index is 1270. The summed E-state index contributed by atoms with van der Waals surface area (Å²) < 4.78 is 5.85. The first-order valence-electron chi connectivity index (χ1n) is 13.1. The molecule has 37 heavy (non-hydrogen) atoms. The molecule has 1 heterocycles. The molecular formula is C30H32N2O4S. The fourth-order valence-corrected chi connectivity index (χ4v) is 6.31. The SMILES string of the molecule is O=C(O)c1ccc(COc2ccc(C=Nc3sc4c(c3C(=O)NC3CCCCC3)CCCC4)cc2)cc1. The molecule has 1 amide bonds. The number of thiophene rings is 1. The van der Waals surface area contributed by atoms with Crippen LogP contribution in [0.2, 0.25) is 0 Å². The van der Waals surface area contributed by atoms with Gasteiger partial charge >= 0.3 is 5.97 Å². The van der Waals surface area contributed by atoms with Crippen molar-refractivity contribution in [3.05, 3.63) is 81.2 Å². The van der Waals surface area contributed by atoms with Crippen molar-refractivity contribution < 1.29 is 19.4 Å². The fourth-order valence-electron chi connectivity index (χ4n) is 5.07. The number of hydrogen-bond acceptors (Lipinski definition) is 5. The number of aryl methyl sites for hydroxylation is 1. The van der Waals surface area contributed by atoms with Crippen molar-refractivity contribution in [1.29, 1.82) is 0 Å². The van der Waals surface area contributed by atoms with Gasteiger partial charge in [-0.1, -0.05) is 31.4 Å². The zero-order valence-electron chi connectivity index (χ0n) is 20.9. The second kappa shape index (κ2) is 11.7. The van der Waals surface area contributed by atoms with Crippen LogP contribution >= 0.6 is 11.3 Å². The van der Waals surface area contributed by atoms with Crippen molar-refractivity contribution in [3.63, 3.8) is 0 Å². The van der Waals surface area contributed by atoms with Crippen molar-refractivity contribution in [3.8, 4) is 5.75 Å². The first-order valence-corrected chi connectivity index (χ1v) is 13.9. The number of carbonyl (C=O) groups excluding carboxylic acids is 1. The molecule has 1 saturated carbocycles. The van der Waals surface area contributed by atoms with E-state index < -0.39 is 5.97 Å². The summed E-state index contributed by atoms with van der Waals surface area (Å²) in [4.78, 5) is 30.4. The van der Waals surface area contributed by atoms with Gasteiger partial charge in [0.1, 0.15) is 17.4 Å². The normalized spacial score (nSPS) is 15.9. The number of benzene rings is 2. The molecular weight excluding hydrogens is 484 g/mol. The smallest absolute Gasteiger partial charge is 0.335 e. The lowest BCUT2D eigenvalue weighted by Gasteiger charge is -2.23. The zero-order chi connectivity index (χ0) is 25.6. The van der Waals surface area contributed by atoms with Gasteiger partial charge in [-0.05, 0) is 91.6 Å². The summed E-state index contributed by atoms with van der Waals surface area (Å²) in [6.45, 7) is 0.355. The van der Waals surface area contributed by atoms with E-state index in [1.165, 1.54) is 36.1 Å². The zero-order valence-corrected chi connectivity index (χ0v) is 21.7. The maximum absolute atomic E-state index is 13.3. The minimum Gasteiger partial charge on any atom is -0.489 e. The molecule has 3 aromatic rings. The van der Waals surface area contributed by atoms with Gasteiger partial charge in [0.05, 0.1) is 11.1 Å². The molecule has 1 fully saturated rings. The summed E-state index contributed by atoms with van der Waals surface area (Å²) in [7, 11) is 0.